The van der Waals surface area contributed by atoms with E-state index in [1.54, 1.807) is 18.2 Å². The molecule has 4 heteroatoms. The lowest BCUT2D eigenvalue weighted by Gasteiger charge is -2.36. The summed E-state index contributed by atoms with van der Waals surface area (Å²) in [6, 6.07) is 5.69. The van der Waals surface area contributed by atoms with Crippen LogP contribution in [0.15, 0.2) is 18.2 Å². The zero-order valence-electron chi connectivity index (χ0n) is 13.1. The Labute approximate surface area is 127 Å². The Morgan fingerprint density at radius 3 is 2.86 bits per heavy atom. The van der Waals surface area contributed by atoms with E-state index in [4.69, 9.17) is 10.5 Å². The SMILES string of the molecule is CCCC1CCCCN1C(=O)c1cc(N)cc(OCC)c1. The highest BCUT2D eigenvalue weighted by molar-refractivity contribution is 5.95. The summed E-state index contributed by atoms with van der Waals surface area (Å²) in [5, 5.41) is 0. The molecule has 1 aliphatic rings. The second-order valence-corrected chi connectivity index (χ2v) is 5.66. The molecule has 0 radical (unpaired) electrons. The van der Waals surface area contributed by atoms with Crippen molar-refractivity contribution >= 4 is 11.6 Å². The number of nitrogens with two attached hydrogens (primary N) is 1. The normalized spacial score (nSPS) is 18.6. The van der Waals surface area contributed by atoms with Crippen molar-refractivity contribution in [2.24, 2.45) is 0 Å². The van der Waals surface area contributed by atoms with Gasteiger partial charge in [0.25, 0.3) is 5.91 Å². The van der Waals surface area contributed by atoms with Crippen molar-refractivity contribution in [3.8, 4) is 5.75 Å². The van der Waals surface area contributed by atoms with Crippen LogP contribution in [-0.2, 0) is 0 Å². The summed E-state index contributed by atoms with van der Waals surface area (Å²) >= 11 is 0. The number of carbonyl (C=O) groups is 1. The average Bonchev–Trinajstić information content (AvgIpc) is 2.47. The van der Waals surface area contributed by atoms with Gasteiger partial charge in [-0.1, -0.05) is 13.3 Å². The molecule has 1 heterocycles. The van der Waals surface area contributed by atoms with Crippen molar-refractivity contribution in [1.82, 2.24) is 4.90 Å². The minimum atomic E-state index is 0.0846. The summed E-state index contributed by atoms with van der Waals surface area (Å²) in [6.07, 6.45) is 5.60. The third-order valence-electron chi connectivity index (χ3n) is 4.00. The number of amides is 1. The monoisotopic (exact) mass is 290 g/mol. The van der Waals surface area contributed by atoms with Gasteiger partial charge >= 0.3 is 0 Å². The predicted octanol–water partition coefficient (Wildman–Crippen LogP) is 3.46. The molecule has 1 aliphatic heterocycles. The van der Waals surface area contributed by atoms with E-state index in [-0.39, 0.29) is 5.91 Å². The first-order chi connectivity index (χ1) is 10.2. The van der Waals surface area contributed by atoms with Crippen molar-refractivity contribution in [1.29, 1.82) is 0 Å². The molecule has 0 aromatic heterocycles. The fourth-order valence-corrected chi connectivity index (χ4v) is 3.06. The van der Waals surface area contributed by atoms with Crippen LogP contribution in [0.2, 0.25) is 0 Å². The summed E-state index contributed by atoms with van der Waals surface area (Å²) in [5.74, 6) is 0.756. The highest BCUT2D eigenvalue weighted by Crippen LogP contribution is 2.25. The minimum Gasteiger partial charge on any atom is -0.494 e. The van der Waals surface area contributed by atoms with Gasteiger partial charge in [-0.15, -0.1) is 0 Å². The smallest absolute Gasteiger partial charge is 0.254 e. The van der Waals surface area contributed by atoms with E-state index < -0.39 is 0 Å². The lowest BCUT2D eigenvalue weighted by molar-refractivity contribution is 0.0600. The van der Waals surface area contributed by atoms with Crippen LogP contribution in [-0.4, -0.2) is 30.0 Å². The van der Waals surface area contributed by atoms with Crippen molar-refractivity contribution in [3.05, 3.63) is 23.8 Å². The number of ether oxygens (including phenoxy) is 1. The second kappa shape index (κ2) is 7.34. The number of hydrogen-bond acceptors (Lipinski definition) is 3. The topological polar surface area (TPSA) is 55.6 Å². The van der Waals surface area contributed by atoms with Gasteiger partial charge in [0.2, 0.25) is 0 Å². The molecule has 21 heavy (non-hydrogen) atoms. The lowest BCUT2D eigenvalue weighted by atomic mass is 9.97. The van der Waals surface area contributed by atoms with E-state index in [1.807, 2.05) is 11.8 Å². The number of nitrogens with zero attached hydrogens (tertiary/aromatic N) is 1. The van der Waals surface area contributed by atoms with Gasteiger partial charge in [0.05, 0.1) is 6.61 Å². The fraction of sp³-hybridized carbons (Fsp3) is 0.588. The van der Waals surface area contributed by atoms with E-state index >= 15 is 0 Å². The number of rotatable bonds is 5. The predicted molar refractivity (Wildman–Crippen MR) is 85.6 cm³/mol. The van der Waals surface area contributed by atoms with E-state index in [0.29, 0.717) is 29.6 Å². The zero-order chi connectivity index (χ0) is 15.2. The molecule has 2 rings (SSSR count). The number of anilines is 1. The van der Waals surface area contributed by atoms with Gasteiger partial charge in [-0.2, -0.15) is 0 Å². The van der Waals surface area contributed by atoms with E-state index in [0.717, 1.165) is 32.2 Å². The molecule has 1 unspecified atom stereocenters. The number of likely N-dealkylation sites (tertiary alicyclic amines) is 1. The maximum atomic E-state index is 12.8. The molecule has 1 aromatic rings. The molecule has 1 aromatic carbocycles. The van der Waals surface area contributed by atoms with Crippen LogP contribution in [0.1, 0.15) is 56.3 Å². The van der Waals surface area contributed by atoms with Gasteiger partial charge in [-0.25, -0.2) is 0 Å². The molecule has 2 N–H and O–H groups in total. The Morgan fingerprint density at radius 2 is 2.14 bits per heavy atom. The van der Waals surface area contributed by atoms with E-state index in [9.17, 15) is 4.79 Å². The Morgan fingerprint density at radius 1 is 1.33 bits per heavy atom. The number of benzene rings is 1. The van der Waals surface area contributed by atoms with Crippen molar-refractivity contribution in [3.63, 3.8) is 0 Å². The third kappa shape index (κ3) is 3.90. The Hall–Kier alpha value is -1.71. The first-order valence-corrected chi connectivity index (χ1v) is 8.00. The maximum Gasteiger partial charge on any atom is 0.254 e. The Balaban J connectivity index is 2.21. The van der Waals surface area contributed by atoms with Gasteiger partial charge in [0.15, 0.2) is 0 Å². The van der Waals surface area contributed by atoms with Gasteiger partial charge in [0, 0.05) is 29.9 Å². The number of nitrogen functional groups attached to an aromatic ring is 1. The second-order valence-electron chi connectivity index (χ2n) is 5.66. The minimum absolute atomic E-state index is 0.0846. The summed E-state index contributed by atoms with van der Waals surface area (Å²) in [5.41, 5.74) is 7.12. The van der Waals surface area contributed by atoms with Crippen LogP contribution in [0.3, 0.4) is 0 Å². The molecule has 0 bridgehead atoms. The lowest BCUT2D eigenvalue weighted by Crippen LogP contribution is -2.43. The maximum absolute atomic E-state index is 12.8. The number of hydrogen-bond donors (Lipinski definition) is 1. The van der Waals surface area contributed by atoms with Crippen molar-refractivity contribution in [2.45, 2.75) is 52.0 Å². The van der Waals surface area contributed by atoms with Crippen LogP contribution in [0, 0.1) is 0 Å². The quantitative estimate of drug-likeness (QED) is 0.845. The van der Waals surface area contributed by atoms with Gasteiger partial charge < -0.3 is 15.4 Å². The average molecular weight is 290 g/mol. The van der Waals surface area contributed by atoms with Crippen LogP contribution in [0.5, 0.6) is 5.75 Å². The Bertz CT molecular complexity index is 486. The first-order valence-electron chi connectivity index (χ1n) is 8.00. The molecule has 1 fully saturated rings. The summed E-state index contributed by atoms with van der Waals surface area (Å²) < 4.78 is 5.49. The molecule has 1 atom stereocenters. The Kier molecular flexibility index (Phi) is 5.48. The van der Waals surface area contributed by atoms with Crippen LogP contribution >= 0.6 is 0 Å². The molecule has 1 saturated heterocycles. The van der Waals surface area contributed by atoms with E-state index in [2.05, 4.69) is 6.92 Å². The molecule has 1 amide bonds. The summed E-state index contributed by atoms with van der Waals surface area (Å²) in [4.78, 5) is 14.8. The molecule has 4 nitrogen and oxygen atoms in total. The van der Waals surface area contributed by atoms with Crippen LogP contribution in [0.25, 0.3) is 0 Å². The fourth-order valence-electron chi connectivity index (χ4n) is 3.06. The molecule has 0 aliphatic carbocycles. The van der Waals surface area contributed by atoms with Gasteiger partial charge in [0.1, 0.15) is 5.75 Å². The van der Waals surface area contributed by atoms with Crippen molar-refractivity contribution < 1.29 is 9.53 Å². The highest BCUT2D eigenvalue weighted by Gasteiger charge is 2.27. The van der Waals surface area contributed by atoms with Crippen LogP contribution < -0.4 is 10.5 Å². The highest BCUT2D eigenvalue weighted by atomic mass is 16.5. The van der Waals surface area contributed by atoms with Crippen LogP contribution in [0.4, 0.5) is 5.69 Å². The van der Waals surface area contributed by atoms with E-state index in [1.165, 1.54) is 6.42 Å². The summed E-state index contributed by atoms with van der Waals surface area (Å²) in [6.45, 7) is 5.51. The van der Waals surface area contributed by atoms with Gasteiger partial charge in [-0.3, -0.25) is 4.79 Å². The summed E-state index contributed by atoms with van der Waals surface area (Å²) in [7, 11) is 0. The number of carbonyl (C=O) groups excluding carboxylic acids is 1. The van der Waals surface area contributed by atoms with Gasteiger partial charge in [-0.05, 0) is 44.7 Å². The van der Waals surface area contributed by atoms with Crippen molar-refractivity contribution in [2.75, 3.05) is 18.9 Å². The molecule has 0 saturated carbocycles. The standard InChI is InChI=1S/C17H26N2O2/c1-3-7-15-8-5-6-9-19(15)17(20)13-10-14(18)12-16(11-13)21-4-2/h10-12,15H,3-9,18H2,1-2H3. The molecule has 0 spiro atoms. The molecule has 116 valence electrons. The molecular weight excluding hydrogens is 264 g/mol. The number of piperidine rings is 1. The largest absolute Gasteiger partial charge is 0.494 e. The first kappa shape index (κ1) is 15.7. The molecular formula is C17H26N2O2. The third-order valence-corrected chi connectivity index (χ3v) is 4.00. The zero-order valence-corrected chi connectivity index (χ0v) is 13.1.